The minimum atomic E-state index is -0.807. The van der Waals surface area contributed by atoms with Crippen LogP contribution < -0.4 is 10.6 Å². The van der Waals surface area contributed by atoms with Crippen LogP contribution in [-0.2, 0) is 16.0 Å². The van der Waals surface area contributed by atoms with Gasteiger partial charge in [-0.3, -0.25) is 9.59 Å². The van der Waals surface area contributed by atoms with Gasteiger partial charge in [0.25, 0.3) is 0 Å². The van der Waals surface area contributed by atoms with E-state index in [9.17, 15) is 9.59 Å². The van der Waals surface area contributed by atoms with Crippen molar-refractivity contribution in [1.29, 1.82) is 5.26 Å². The highest BCUT2D eigenvalue weighted by Crippen LogP contribution is 2.13. The number of para-hydroxylation sites is 1. The largest absolute Gasteiger partial charge is 0.347 e. The molecule has 0 aliphatic heterocycles. The third-order valence-corrected chi connectivity index (χ3v) is 3.33. The molecule has 2 aromatic carbocycles. The maximum atomic E-state index is 11.8. The topological polar surface area (TPSA) is 82.0 Å². The summed E-state index contributed by atoms with van der Waals surface area (Å²) in [7, 11) is 0. The minimum absolute atomic E-state index is 0.299. The Balaban J connectivity index is 1.86. The molecule has 0 aromatic heterocycles. The van der Waals surface area contributed by atoms with E-state index in [1.165, 1.54) is 0 Å². The van der Waals surface area contributed by atoms with Crippen molar-refractivity contribution in [1.82, 2.24) is 5.32 Å². The first kappa shape index (κ1) is 16.5. The fourth-order valence-corrected chi connectivity index (χ4v) is 2.17. The first-order chi connectivity index (χ1) is 11.1. The van der Waals surface area contributed by atoms with E-state index in [1.54, 1.807) is 36.4 Å². The number of nitrogens with one attached hydrogen (secondary N) is 2. The SMILES string of the molecule is N#Cc1ccccc1NC(=O)C(=O)NCCc1cccc(Cl)c1. The van der Waals surface area contributed by atoms with E-state index in [2.05, 4.69) is 10.6 Å². The lowest BCUT2D eigenvalue weighted by molar-refractivity contribution is -0.136. The molecule has 2 amide bonds. The van der Waals surface area contributed by atoms with E-state index in [1.807, 2.05) is 18.2 Å². The van der Waals surface area contributed by atoms with E-state index < -0.39 is 11.8 Å². The average molecular weight is 328 g/mol. The smallest absolute Gasteiger partial charge is 0.313 e. The zero-order valence-electron chi connectivity index (χ0n) is 12.2. The van der Waals surface area contributed by atoms with E-state index in [4.69, 9.17) is 16.9 Å². The van der Waals surface area contributed by atoms with Crippen LogP contribution in [0.15, 0.2) is 48.5 Å². The molecule has 0 spiro atoms. The van der Waals surface area contributed by atoms with Gasteiger partial charge in [-0.25, -0.2) is 0 Å². The second-order valence-electron chi connectivity index (χ2n) is 4.75. The molecule has 0 heterocycles. The molecule has 0 aliphatic rings. The summed E-state index contributed by atoms with van der Waals surface area (Å²) in [6, 6.07) is 15.7. The third kappa shape index (κ3) is 4.83. The fraction of sp³-hybridized carbons (Fsp3) is 0.118. The summed E-state index contributed by atoms with van der Waals surface area (Å²) >= 11 is 5.88. The van der Waals surface area contributed by atoms with Crippen LogP contribution in [0.25, 0.3) is 0 Å². The fourth-order valence-electron chi connectivity index (χ4n) is 1.96. The second kappa shape index (κ2) is 7.97. The molecule has 5 nitrogen and oxygen atoms in total. The number of nitriles is 1. The van der Waals surface area contributed by atoms with Crippen LogP contribution in [0.5, 0.6) is 0 Å². The molecule has 0 atom stereocenters. The normalized spacial score (nSPS) is 9.74. The van der Waals surface area contributed by atoms with E-state index in [0.29, 0.717) is 29.2 Å². The molecule has 0 radical (unpaired) electrons. The molecule has 116 valence electrons. The van der Waals surface area contributed by atoms with Gasteiger partial charge in [0.2, 0.25) is 0 Å². The zero-order valence-corrected chi connectivity index (χ0v) is 12.9. The summed E-state index contributed by atoms with van der Waals surface area (Å²) in [5.74, 6) is -1.56. The molecular weight excluding hydrogens is 314 g/mol. The lowest BCUT2D eigenvalue weighted by Crippen LogP contribution is -2.36. The Kier molecular flexibility index (Phi) is 5.73. The average Bonchev–Trinajstić information content (AvgIpc) is 2.55. The number of nitrogens with zero attached hydrogens (tertiary/aromatic N) is 1. The molecule has 0 saturated carbocycles. The number of anilines is 1. The molecule has 0 unspecified atom stereocenters. The van der Waals surface area contributed by atoms with Crippen LogP contribution in [0.2, 0.25) is 5.02 Å². The summed E-state index contributed by atoms with van der Waals surface area (Å²) < 4.78 is 0. The van der Waals surface area contributed by atoms with Crippen molar-refractivity contribution in [3.05, 3.63) is 64.7 Å². The Morgan fingerprint density at radius 2 is 1.87 bits per heavy atom. The van der Waals surface area contributed by atoms with Crippen molar-refractivity contribution in [2.45, 2.75) is 6.42 Å². The maximum Gasteiger partial charge on any atom is 0.313 e. The van der Waals surface area contributed by atoms with Gasteiger partial charge >= 0.3 is 11.8 Å². The van der Waals surface area contributed by atoms with Crippen LogP contribution in [0.1, 0.15) is 11.1 Å². The van der Waals surface area contributed by atoms with Crippen LogP contribution in [0.3, 0.4) is 0 Å². The van der Waals surface area contributed by atoms with Gasteiger partial charge in [0.1, 0.15) is 6.07 Å². The van der Waals surface area contributed by atoms with Crippen molar-refractivity contribution >= 4 is 29.1 Å². The molecule has 2 aromatic rings. The molecule has 6 heteroatoms. The Bertz CT molecular complexity index is 768. The van der Waals surface area contributed by atoms with E-state index in [-0.39, 0.29) is 0 Å². The number of benzene rings is 2. The first-order valence-corrected chi connectivity index (χ1v) is 7.30. The summed E-state index contributed by atoms with van der Waals surface area (Å²) in [5, 5.41) is 14.5. The lowest BCUT2D eigenvalue weighted by atomic mass is 10.1. The van der Waals surface area contributed by atoms with Gasteiger partial charge in [0, 0.05) is 11.6 Å². The van der Waals surface area contributed by atoms with Crippen LogP contribution in [0, 0.1) is 11.3 Å². The van der Waals surface area contributed by atoms with Crippen molar-refractivity contribution in [2.75, 3.05) is 11.9 Å². The number of hydrogen-bond donors (Lipinski definition) is 2. The minimum Gasteiger partial charge on any atom is -0.347 e. The molecule has 0 fully saturated rings. The lowest BCUT2D eigenvalue weighted by Gasteiger charge is -2.08. The predicted octanol–water partition coefficient (Wildman–Crippen LogP) is 2.51. The Labute approximate surface area is 138 Å². The maximum absolute atomic E-state index is 11.8. The van der Waals surface area contributed by atoms with E-state index in [0.717, 1.165) is 5.56 Å². The van der Waals surface area contributed by atoms with Crippen molar-refractivity contribution in [3.63, 3.8) is 0 Å². The molecule has 2 rings (SSSR count). The molecule has 23 heavy (non-hydrogen) atoms. The van der Waals surface area contributed by atoms with Gasteiger partial charge in [0.15, 0.2) is 0 Å². The summed E-state index contributed by atoms with van der Waals surface area (Å²) in [6.45, 7) is 0.312. The summed E-state index contributed by atoms with van der Waals surface area (Å²) in [5.41, 5.74) is 1.57. The van der Waals surface area contributed by atoms with Gasteiger partial charge in [-0.2, -0.15) is 5.26 Å². The molecule has 0 aliphatic carbocycles. The van der Waals surface area contributed by atoms with Gasteiger partial charge in [-0.1, -0.05) is 35.9 Å². The van der Waals surface area contributed by atoms with Crippen LogP contribution >= 0.6 is 11.6 Å². The standard InChI is InChI=1S/C17H14ClN3O2/c18-14-6-3-4-12(10-14)8-9-20-16(22)17(23)21-15-7-2-1-5-13(15)11-19/h1-7,10H,8-9H2,(H,20,22)(H,21,23). The number of carbonyl (C=O) groups is 2. The van der Waals surface area contributed by atoms with Gasteiger partial charge < -0.3 is 10.6 Å². The van der Waals surface area contributed by atoms with Gasteiger partial charge in [-0.05, 0) is 36.2 Å². The van der Waals surface area contributed by atoms with E-state index >= 15 is 0 Å². The summed E-state index contributed by atoms with van der Waals surface area (Å²) in [6.07, 6.45) is 0.564. The molecule has 0 saturated heterocycles. The number of carbonyl (C=O) groups excluding carboxylic acids is 2. The Morgan fingerprint density at radius 1 is 1.09 bits per heavy atom. The predicted molar refractivity (Wildman–Crippen MR) is 88.0 cm³/mol. The first-order valence-electron chi connectivity index (χ1n) is 6.93. The Hall–Kier alpha value is -2.84. The van der Waals surface area contributed by atoms with Crippen molar-refractivity contribution < 1.29 is 9.59 Å². The summed E-state index contributed by atoms with van der Waals surface area (Å²) in [4.78, 5) is 23.6. The number of amides is 2. The molecular formula is C17H14ClN3O2. The second-order valence-corrected chi connectivity index (χ2v) is 5.18. The molecule has 2 N–H and O–H groups in total. The highest BCUT2D eigenvalue weighted by Gasteiger charge is 2.14. The number of halogens is 1. The van der Waals surface area contributed by atoms with Crippen molar-refractivity contribution in [2.24, 2.45) is 0 Å². The monoisotopic (exact) mass is 327 g/mol. The highest BCUT2D eigenvalue weighted by atomic mass is 35.5. The highest BCUT2D eigenvalue weighted by molar-refractivity contribution is 6.39. The zero-order chi connectivity index (χ0) is 16.7. The van der Waals surface area contributed by atoms with Crippen molar-refractivity contribution in [3.8, 4) is 6.07 Å². The molecule has 0 bridgehead atoms. The van der Waals surface area contributed by atoms with Crippen LogP contribution in [-0.4, -0.2) is 18.4 Å². The van der Waals surface area contributed by atoms with Gasteiger partial charge in [0.05, 0.1) is 11.3 Å². The third-order valence-electron chi connectivity index (χ3n) is 3.09. The quantitative estimate of drug-likeness (QED) is 0.846. The van der Waals surface area contributed by atoms with Gasteiger partial charge in [-0.15, -0.1) is 0 Å². The number of hydrogen-bond acceptors (Lipinski definition) is 3. The number of rotatable bonds is 4. The van der Waals surface area contributed by atoms with Crippen LogP contribution in [0.4, 0.5) is 5.69 Å². The Morgan fingerprint density at radius 3 is 2.61 bits per heavy atom.